The summed E-state index contributed by atoms with van der Waals surface area (Å²) in [6.07, 6.45) is 2.69. The molecule has 0 aliphatic rings. The maximum absolute atomic E-state index is 11.6. The summed E-state index contributed by atoms with van der Waals surface area (Å²) in [5.74, 6) is 0.320. The lowest BCUT2D eigenvalue weighted by Gasteiger charge is -2.23. The molecule has 116 valence electrons. The third-order valence-electron chi connectivity index (χ3n) is 3.83. The number of rotatable bonds is 6. The van der Waals surface area contributed by atoms with Gasteiger partial charge in [-0.3, -0.25) is 9.78 Å². The minimum absolute atomic E-state index is 0.123. The Hall–Kier alpha value is -1.68. The summed E-state index contributed by atoms with van der Waals surface area (Å²) in [5.41, 5.74) is 2.27. The number of amides is 1. The van der Waals surface area contributed by atoms with E-state index in [9.17, 15) is 4.79 Å². The van der Waals surface area contributed by atoms with E-state index >= 15 is 0 Å². The van der Waals surface area contributed by atoms with E-state index in [4.69, 9.17) is 0 Å². The van der Waals surface area contributed by atoms with E-state index in [0.29, 0.717) is 0 Å². The molecule has 1 aromatic heterocycles. The van der Waals surface area contributed by atoms with Crippen LogP contribution in [-0.2, 0) is 4.79 Å². The maximum Gasteiger partial charge on any atom is 0.219 e. The Kier molecular flexibility index (Phi) is 6.13. The quantitative estimate of drug-likeness (QED) is 0.771. The number of hydrogen-bond donors (Lipinski definition) is 0. The van der Waals surface area contributed by atoms with Crippen LogP contribution in [-0.4, -0.2) is 28.9 Å². The fourth-order valence-corrected chi connectivity index (χ4v) is 2.85. The zero-order chi connectivity index (χ0) is 15.9. The van der Waals surface area contributed by atoms with Crippen molar-refractivity contribution < 1.29 is 4.79 Å². The van der Waals surface area contributed by atoms with Crippen molar-refractivity contribution in [3.8, 4) is 0 Å². The van der Waals surface area contributed by atoms with Crippen LogP contribution in [0.5, 0.6) is 0 Å². The molecule has 0 saturated heterocycles. The van der Waals surface area contributed by atoms with Gasteiger partial charge in [0.1, 0.15) is 0 Å². The van der Waals surface area contributed by atoms with E-state index in [1.165, 1.54) is 5.56 Å². The molecule has 0 bridgehead atoms. The van der Waals surface area contributed by atoms with Crippen molar-refractivity contribution in [2.45, 2.75) is 26.2 Å². The van der Waals surface area contributed by atoms with Crippen LogP contribution >= 0.6 is 15.9 Å². The lowest BCUT2D eigenvalue weighted by atomic mass is 9.92. The molecule has 0 aliphatic carbocycles. The van der Waals surface area contributed by atoms with Gasteiger partial charge in [-0.2, -0.15) is 0 Å². The van der Waals surface area contributed by atoms with Crippen LogP contribution in [0.15, 0.2) is 53.1 Å². The topological polar surface area (TPSA) is 33.2 Å². The first-order valence-corrected chi connectivity index (χ1v) is 8.33. The third kappa shape index (κ3) is 4.41. The largest absolute Gasteiger partial charge is 0.343 e. The van der Waals surface area contributed by atoms with Crippen LogP contribution in [0.3, 0.4) is 0 Å². The van der Waals surface area contributed by atoms with Crippen molar-refractivity contribution in [3.63, 3.8) is 0 Å². The van der Waals surface area contributed by atoms with Gasteiger partial charge in [0, 0.05) is 42.3 Å². The standard InChI is InChI=1S/C18H21BrN2O/c1-3-21(14(2)22)13-11-17(18-6-4-5-12-20-18)15-7-9-16(19)10-8-15/h4-10,12,17H,3,11,13H2,1-2H3. The SMILES string of the molecule is CCN(CCC(c1ccc(Br)cc1)c1ccccn1)C(C)=O. The number of aromatic nitrogens is 1. The molecular formula is C18H21BrN2O. The Bertz CT molecular complexity index is 598. The van der Waals surface area contributed by atoms with Crippen molar-refractivity contribution in [3.05, 3.63) is 64.4 Å². The Morgan fingerprint density at radius 3 is 2.50 bits per heavy atom. The summed E-state index contributed by atoms with van der Waals surface area (Å²) in [6, 6.07) is 14.3. The van der Waals surface area contributed by atoms with Crippen LogP contribution in [0.2, 0.25) is 0 Å². The summed E-state index contributed by atoms with van der Waals surface area (Å²) in [5, 5.41) is 0. The predicted molar refractivity (Wildman–Crippen MR) is 92.8 cm³/mol. The molecule has 2 rings (SSSR count). The Morgan fingerprint density at radius 1 is 1.23 bits per heavy atom. The molecule has 0 aliphatic heterocycles. The number of halogens is 1. The molecule has 3 nitrogen and oxygen atoms in total. The molecule has 22 heavy (non-hydrogen) atoms. The number of nitrogens with zero attached hydrogens (tertiary/aromatic N) is 2. The highest BCUT2D eigenvalue weighted by atomic mass is 79.9. The highest BCUT2D eigenvalue weighted by molar-refractivity contribution is 9.10. The third-order valence-corrected chi connectivity index (χ3v) is 4.36. The first-order chi connectivity index (χ1) is 10.6. The van der Waals surface area contributed by atoms with E-state index in [0.717, 1.165) is 29.7 Å². The molecule has 1 unspecified atom stereocenters. The fraction of sp³-hybridized carbons (Fsp3) is 0.333. The number of benzene rings is 1. The molecule has 0 spiro atoms. The molecule has 0 fully saturated rings. The fourth-order valence-electron chi connectivity index (χ4n) is 2.59. The van der Waals surface area contributed by atoms with E-state index in [1.54, 1.807) is 6.92 Å². The maximum atomic E-state index is 11.6. The van der Waals surface area contributed by atoms with Crippen molar-refractivity contribution in [1.82, 2.24) is 9.88 Å². The van der Waals surface area contributed by atoms with Crippen LogP contribution in [0.4, 0.5) is 0 Å². The zero-order valence-corrected chi connectivity index (χ0v) is 14.6. The molecule has 1 aromatic carbocycles. The lowest BCUT2D eigenvalue weighted by Crippen LogP contribution is -2.30. The van der Waals surface area contributed by atoms with Crippen molar-refractivity contribution in [2.24, 2.45) is 0 Å². The van der Waals surface area contributed by atoms with Gasteiger partial charge in [0.05, 0.1) is 0 Å². The van der Waals surface area contributed by atoms with Crippen LogP contribution < -0.4 is 0 Å². The lowest BCUT2D eigenvalue weighted by molar-refractivity contribution is -0.128. The van der Waals surface area contributed by atoms with Crippen molar-refractivity contribution >= 4 is 21.8 Å². The van der Waals surface area contributed by atoms with Gasteiger partial charge in [0.25, 0.3) is 0 Å². The van der Waals surface area contributed by atoms with Gasteiger partial charge in [0.2, 0.25) is 5.91 Å². The Labute approximate surface area is 140 Å². The minimum atomic E-state index is 0.123. The first kappa shape index (κ1) is 16.7. The summed E-state index contributed by atoms with van der Waals surface area (Å²) < 4.78 is 1.06. The molecule has 1 amide bonds. The van der Waals surface area contributed by atoms with Gasteiger partial charge in [-0.05, 0) is 43.2 Å². The van der Waals surface area contributed by atoms with Crippen LogP contribution in [0.25, 0.3) is 0 Å². The second-order valence-corrected chi connectivity index (χ2v) is 6.16. The zero-order valence-electron chi connectivity index (χ0n) is 13.0. The Balaban J connectivity index is 2.22. The molecule has 0 radical (unpaired) electrons. The van der Waals surface area contributed by atoms with Gasteiger partial charge in [-0.25, -0.2) is 0 Å². The molecular weight excluding hydrogens is 340 g/mol. The van der Waals surface area contributed by atoms with Gasteiger partial charge in [-0.15, -0.1) is 0 Å². The van der Waals surface area contributed by atoms with Gasteiger partial charge < -0.3 is 4.90 Å². The molecule has 1 atom stereocenters. The van der Waals surface area contributed by atoms with E-state index in [-0.39, 0.29) is 11.8 Å². The predicted octanol–water partition coefficient (Wildman–Crippen LogP) is 4.23. The monoisotopic (exact) mass is 360 g/mol. The highest BCUT2D eigenvalue weighted by Crippen LogP contribution is 2.28. The van der Waals surface area contributed by atoms with Crippen molar-refractivity contribution in [2.75, 3.05) is 13.1 Å². The minimum Gasteiger partial charge on any atom is -0.343 e. The molecule has 2 aromatic rings. The highest BCUT2D eigenvalue weighted by Gasteiger charge is 2.17. The number of carbonyl (C=O) groups is 1. The van der Waals surface area contributed by atoms with Gasteiger partial charge in [-0.1, -0.05) is 34.1 Å². The van der Waals surface area contributed by atoms with Crippen molar-refractivity contribution in [1.29, 1.82) is 0 Å². The van der Waals surface area contributed by atoms with E-state index < -0.39 is 0 Å². The molecule has 4 heteroatoms. The smallest absolute Gasteiger partial charge is 0.219 e. The van der Waals surface area contributed by atoms with Gasteiger partial charge in [0.15, 0.2) is 0 Å². The molecule has 0 N–H and O–H groups in total. The number of carbonyl (C=O) groups excluding carboxylic acids is 1. The second-order valence-electron chi connectivity index (χ2n) is 5.25. The summed E-state index contributed by atoms with van der Waals surface area (Å²) in [7, 11) is 0. The summed E-state index contributed by atoms with van der Waals surface area (Å²) in [4.78, 5) is 18.0. The average molecular weight is 361 g/mol. The molecule has 1 heterocycles. The number of pyridine rings is 1. The van der Waals surface area contributed by atoms with Crippen LogP contribution in [0.1, 0.15) is 37.4 Å². The molecule has 0 saturated carbocycles. The van der Waals surface area contributed by atoms with E-state index in [1.807, 2.05) is 42.3 Å². The second kappa shape index (κ2) is 8.08. The normalized spacial score (nSPS) is 12.0. The van der Waals surface area contributed by atoms with Gasteiger partial charge >= 0.3 is 0 Å². The van der Waals surface area contributed by atoms with E-state index in [2.05, 4.69) is 39.1 Å². The summed E-state index contributed by atoms with van der Waals surface area (Å²) >= 11 is 3.47. The summed E-state index contributed by atoms with van der Waals surface area (Å²) in [6.45, 7) is 5.11. The number of hydrogen-bond acceptors (Lipinski definition) is 2. The van der Waals surface area contributed by atoms with Crippen LogP contribution in [0, 0.1) is 0 Å². The first-order valence-electron chi connectivity index (χ1n) is 7.53. The Morgan fingerprint density at radius 2 is 1.95 bits per heavy atom. The average Bonchev–Trinajstić information content (AvgIpc) is 2.53.